The smallest absolute Gasteiger partial charge is 0.0707 e. The molecule has 0 amide bonds. The van der Waals surface area contributed by atoms with Crippen molar-refractivity contribution in [3.63, 3.8) is 0 Å². The quantitative estimate of drug-likeness (QED) is 0.740. The largest absolute Gasteiger partial charge is 0.377 e. The topological polar surface area (TPSA) is 30.5 Å². The van der Waals surface area contributed by atoms with Gasteiger partial charge in [0.2, 0.25) is 0 Å². The standard InChI is InChI=1S/C18H31NO2/c1-7-19-17(13-20-10-11-21-18(4,5)6)16-12-14(2)8-9-15(16)3/h8-9,12,17,19H,7,10-11,13H2,1-6H3. The molecule has 0 aliphatic rings. The average Bonchev–Trinajstić information content (AvgIpc) is 2.39. The summed E-state index contributed by atoms with van der Waals surface area (Å²) < 4.78 is 11.5. The minimum absolute atomic E-state index is 0.0996. The van der Waals surface area contributed by atoms with E-state index in [4.69, 9.17) is 9.47 Å². The van der Waals surface area contributed by atoms with Crippen LogP contribution < -0.4 is 5.32 Å². The van der Waals surface area contributed by atoms with Gasteiger partial charge in [-0.3, -0.25) is 0 Å². The van der Waals surface area contributed by atoms with E-state index in [9.17, 15) is 0 Å². The number of benzene rings is 1. The zero-order chi connectivity index (χ0) is 15.9. The van der Waals surface area contributed by atoms with Crippen LogP contribution in [0.5, 0.6) is 0 Å². The van der Waals surface area contributed by atoms with Gasteiger partial charge in [0.05, 0.1) is 31.5 Å². The molecule has 0 saturated heterocycles. The van der Waals surface area contributed by atoms with Gasteiger partial charge in [0.15, 0.2) is 0 Å². The number of rotatable bonds is 8. The molecule has 0 saturated carbocycles. The molecule has 1 unspecified atom stereocenters. The Labute approximate surface area is 130 Å². The van der Waals surface area contributed by atoms with Crippen LogP contribution in [0.2, 0.25) is 0 Å². The van der Waals surface area contributed by atoms with E-state index in [0.717, 1.165) is 6.54 Å². The van der Waals surface area contributed by atoms with E-state index < -0.39 is 0 Å². The Morgan fingerprint density at radius 3 is 2.48 bits per heavy atom. The molecular formula is C18H31NO2. The van der Waals surface area contributed by atoms with Gasteiger partial charge in [0.1, 0.15) is 0 Å². The fourth-order valence-electron chi connectivity index (χ4n) is 2.25. The molecule has 0 bridgehead atoms. The minimum atomic E-state index is -0.0996. The zero-order valence-electron chi connectivity index (χ0n) is 14.5. The summed E-state index contributed by atoms with van der Waals surface area (Å²) in [5.74, 6) is 0. The molecule has 0 aliphatic heterocycles. The molecule has 120 valence electrons. The van der Waals surface area contributed by atoms with E-state index in [1.54, 1.807) is 0 Å². The summed E-state index contributed by atoms with van der Waals surface area (Å²) in [7, 11) is 0. The molecule has 3 nitrogen and oxygen atoms in total. The number of aryl methyl sites for hydroxylation is 2. The van der Waals surface area contributed by atoms with Crippen molar-refractivity contribution in [2.45, 2.75) is 53.2 Å². The van der Waals surface area contributed by atoms with Crippen molar-refractivity contribution in [3.05, 3.63) is 34.9 Å². The van der Waals surface area contributed by atoms with Crippen LogP contribution in [-0.4, -0.2) is 32.0 Å². The van der Waals surface area contributed by atoms with Gasteiger partial charge in [-0.05, 0) is 52.3 Å². The molecular weight excluding hydrogens is 262 g/mol. The maximum atomic E-state index is 5.81. The maximum absolute atomic E-state index is 5.81. The molecule has 0 fully saturated rings. The molecule has 0 spiro atoms. The van der Waals surface area contributed by atoms with Crippen LogP contribution in [0.1, 0.15) is 50.4 Å². The first-order chi connectivity index (χ1) is 9.83. The van der Waals surface area contributed by atoms with Gasteiger partial charge in [-0.25, -0.2) is 0 Å². The van der Waals surface area contributed by atoms with Crippen molar-refractivity contribution in [1.82, 2.24) is 5.32 Å². The second kappa shape index (κ2) is 8.52. The zero-order valence-corrected chi connectivity index (χ0v) is 14.5. The van der Waals surface area contributed by atoms with E-state index in [1.807, 2.05) is 0 Å². The fraction of sp³-hybridized carbons (Fsp3) is 0.667. The third kappa shape index (κ3) is 7.07. The molecule has 1 N–H and O–H groups in total. The predicted octanol–water partition coefficient (Wildman–Crippen LogP) is 3.79. The summed E-state index contributed by atoms with van der Waals surface area (Å²) in [4.78, 5) is 0. The lowest BCUT2D eigenvalue weighted by Crippen LogP contribution is -2.27. The fourth-order valence-corrected chi connectivity index (χ4v) is 2.25. The van der Waals surface area contributed by atoms with Gasteiger partial charge in [-0.2, -0.15) is 0 Å². The summed E-state index contributed by atoms with van der Waals surface area (Å²) in [6, 6.07) is 6.82. The maximum Gasteiger partial charge on any atom is 0.0707 e. The monoisotopic (exact) mass is 293 g/mol. The van der Waals surface area contributed by atoms with Gasteiger partial charge < -0.3 is 14.8 Å². The molecule has 1 rings (SSSR count). The van der Waals surface area contributed by atoms with Crippen LogP contribution >= 0.6 is 0 Å². The van der Waals surface area contributed by atoms with Crippen LogP contribution in [0.4, 0.5) is 0 Å². The molecule has 1 aromatic rings. The van der Waals surface area contributed by atoms with E-state index in [2.05, 4.69) is 65.1 Å². The molecule has 21 heavy (non-hydrogen) atoms. The van der Waals surface area contributed by atoms with Crippen LogP contribution in [0.25, 0.3) is 0 Å². The van der Waals surface area contributed by atoms with E-state index in [0.29, 0.717) is 19.8 Å². The van der Waals surface area contributed by atoms with Gasteiger partial charge in [0, 0.05) is 0 Å². The first-order valence-corrected chi connectivity index (χ1v) is 7.85. The highest BCUT2D eigenvalue weighted by Gasteiger charge is 2.14. The van der Waals surface area contributed by atoms with E-state index >= 15 is 0 Å². The molecule has 0 aromatic heterocycles. The summed E-state index contributed by atoms with van der Waals surface area (Å²) >= 11 is 0. The van der Waals surface area contributed by atoms with Crippen LogP contribution in [-0.2, 0) is 9.47 Å². The Kier molecular flexibility index (Phi) is 7.36. The molecule has 1 atom stereocenters. The Balaban J connectivity index is 2.52. The van der Waals surface area contributed by atoms with Crippen molar-refractivity contribution in [2.75, 3.05) is 26.4 Å². The van der Waals surface area contributed by atoms with E-state index in [-0.39, 0.29) is 11.6 Å². The number of hydrogen-bond acceptors (Lipinski definition) is 3. The van der Waals surface area contributed by atoms with Crippen LogP contribution in [0.3, 0.4) is 0 Å². The third-order valence-electron chi connectivity index (χ3n) is 3.31. The first-order valence-electron chi connectivity index (χ1n) is 7.85. The molecule has 0 heterocycles. The Morgan fingerprint density at radius 2 is 1.86 bits per heavy atom. The van der Waals surface area contributed by atoms with Gasteiger partial charge in [-0.15, -0.1) is 0 Å². The SMILES string of the molecule is CCNC(COCCOC(C)(C)C)c1cc(C)ccc1C. The second-order valence-corrected chi connectivity index (χ2v) is 6.51. The van der Waals surface area contributed by atoms with Crippen molar-refractivity contribution in [1.29, 1.82) is 0 Å². The highest BCUT2D eigenvalue weighted by Crippen LogP contribution is 2.19. The Morgan fingerprint density at radius 1 is 1.14 bits per heavy atom. The van der Waals surface area contributed by atoms with Crippen LogP contribution in [0.15, 0.2) is 18.2 Å². The van der Waals surface area contributed by atoms with Gasteiger partial charge in [0.25, 0.3) is 0 Å². The van der Waals surface area contributed by atoms with Crippen molar-refractivity contribution >= 4 is 0 Å². The predicted molar refractivity (Wildman–Crippen MR) is 88.9 cm³/mol. The van der Waals surface area contributed by atoms with Crippen molar-refractivity contribution in [3.8, 4) is 0 Å². The molecule has 0 aliphatic carbocycles. The Hall–Kier alpha value is -0.900. The van der Waals surface area contributed by atoms with Crippen LogP contribution in [0, 0.1) is 13.8 Å². The lowest BCUT2D eigenvalue weighted by atomic mass is 9.99. The molecule has 3 heteroatoms. The summed E-state index contributed by atoms with van der Waals surface area (Å²) in [6.07, 6.45) is 0. The summed E-state index contributed by atoms with van der Waals surface area (Å²) in [5, 5.41) is 3.51. The second-order valence-electron chi connectivity index (χ2n) is 6.51. The first kappa shape index (κ1) is 18.1. The number of nitrogens with one attached hydrogen (secondary N) is 1. The normalized spacial score (nSPS) is 13.4. The van der Waals surface area contributed by atoms with Gasteiger partial charge in [-0.1, -0.05) is 30.7 Å². The van der Waals surface area contributed by atoms with E-state index in [1.165, 1.54) is 16.7 Å². The lowest BCUT2D eigenvalue weighted by Gasteiger charge is -2.22. The number of likely N-dealkylation sites (N-methyl/N-ethyl adjacent to an activating group) is 1. The summed E-state index contributed by atoms with van der Waals surface area (Å²) in [6.45, 7) is 15.5. The lowest BCUT2D eigenvalue weighted by molar-refractivity contribution is -0.0373. The molecule has 1 aromatic carbocycles. The number of ether oxygens (including phenoxy) is 2. The highest BCUT2D eigenvalue weighted by molar-refractivity contribution is 5.33. The highest BCUT2D eigenvalue weighted by atomic mass is 16.5. The van der Waals surface area contributed by atoms with Crippen molar-refractivity contribution in [2.24, 2.45) is 0 Å². The minimum Gasteiger partial charge on any atom is -0.377 e. The Bertz CT molecular complexity index is 424. The van der Waals surface area contributed by atoms with Crippen molar-refractivity contribution < 1.29 is 9.47 Å². The summed E-state index contributed by atoms with van der Waals surface area (Å²) in [5.41, 5.74) is 3.82. The molecule has 0 radical (unpaired) electrons. The number of hydrogen-bond donors (Lipinski definition) is 1. The third-order valence-corrected chi connectivity index (χ3v) is 3.31. The van der Waals surface area contributed by atoms with Gasteiger partial charge >= 0.3 is 0 Å². The average molecular weight is 293 g/mol.